The molecule has 0 aliphatic carbocycles. The molecule has 0 saturated carbocycles. The van der Waals surface area contributed by atoms with Gasteiger partial charge in [-0.05, 0) is 36.9 Å². The van der Waals surface area contributed by atoms with Crippen molar-refractivity contribution in [3.05, 3.63) is 66.2 Å². The Morgan fingerprint density at radius 1 is 0.920 bits per heavy atom. The molecule has 1 atom stereocenters. The molecule has 5 rings (SSSR count). The summed E-state index contributed by atoms with van der Waals surface area (Å²) in [5, 5.41) is 2.28. The Morgan fingerprint density at radius 2 is 1.68 bits per heavy atom. The van der Waals surface area contributed by atoms with Gasteiger partial charge < -0.3 is 9.64 Å². The lowest BCUT2D eigenvalue weighted by atomic mass is 9.77. The van der Waals surface area contributed by atoms with E-state index in [1.54, 1.807) is 0 Å². The number of ether oxygens (including phenoxy) is 1. The smallest absolute Gasteiger partial charge is 0.228 e. The van der Waals surface area contributed by atoms with Gasteiger partial charge in [0.15, 0.2) is 5.75 Å². The fourth-order valence-corrected chi connectivity index (χ4v) is 4.31. The van der Waals surface area contributed by atoms with Gasteiger partial charge in [0, 0.05) is 18.1 Å². The van der Waals surface area contributed by atoms with Gasteiger partial charge >= 0.3 is 0 Å². The third-order valence-electron chi connectivity index (χ3n) is 5.83. The molecule has 0 amide bonds. The van der Waals surface area contributed by atoms with E-state index in [1.165, 1.54) is 16.6 Å². The summed E-state index contributed by atoms with van der Waals surface area (Å²) >= 11 is 0. The number of hydrogen-bond donors (Lipinski definition) is 0. The molecule has 2 aliphatic rings. The Morgan fingerprint density at radius 3 is 2.52 bits per heavy atom. The second-order valence-electron chi connectivity index (χ2n) is 7.39. The normalized spacial score (nSPS) is 22.8. The fraction of sp³-hybridized carbons (Fsp3) is 0.227. The summed E-state index contributed by atoms with van der Waals surface area (Å²) in [6.45, 7) is 4.47. The number of likely N-dealkylation sites (N-methyl/N-ethyl adjacent to an activating group) is 1. The number of fused-ring (bicyclic) bond motifs is 4. The van der Waals surface area contributed by atoms with E-state index in [-0.39, 0.29) is 5.41 Å². The largest absolute Gasteiger partial charge is 0.459 e. The van der Waals surface area contributed by atoms with E-state index < -0.39 is 5.72 Å². The molecule has 3 heteroatoms. The molecular weight excluding hydrogens is 308 g/mol. The van der Waals surface area contributed by atoms with E-state index in [2.05, 4.69) is 80.4 Å². The van der Waals surface area contributed by atoms with Crippen molar-refractivity contribution in [2.24, 2.45) is 4.99 Å². The van der Waals surface area contributed by atoms with E-state index >= 15 is 0 Å². The molecule has 1 unspecified atom stereocenters. The summed E-state index contributed by atoms with van der Waals surface area (Å²) in [5.41, 5.74) is 2.52. The third-order valence-corrected chi connectivity index (χ3v) is 5.83. The van der Waals surface area contributed by atoms with Crippen LogP contribution in [-0.2, 0) is 5.41 Å². The molecule has 3 aromatic carbocycles. The van der Waals surface area contributed by atoms with Crippen LogP contribution in [0.3, 0.4) is 0 Å². The molecule has 1 spiro atoms. The minimum atomic E-state index is -0.631. The number of para-hydroxylation sites is 1. The standard InChI is InChI=1S/C22H20N2O/c1-21(2)17-10-6-7-11-19(17)24(3)22(21)14-23-18-13-12-15-8-4-5-9-16(15)20(18)25-22/h4-14H,1-3H3. The first-order valence-corrected chi connectivity index (χ1v) is 8.64. The van der Waals surface area contributed by atoms with Crippen LogP contribution in [-0.4, -0.2) is 19.0 Å². The monoisotopic (exact) mass is 328 g/mol. The van der Waals surface area contributed by atoms with Gasteiger partial charge in [-0.15, -0.1) is 0 Å². The lowest BCUT2D eigenvalue weighted by Gasteiger charge is -2.45. The minimum absolute atomic E-state index is 0.226. The van der Waals surface area contributed by atoms with E-state index in [0.29, 0.717) is 0 Å². The molecule has 0 radical (unpaired) electrons. The Labute approximate surface area is 147 Å². The van der Waals surface area contributed by atoms with Crippen LogP contribution in [0.25, 0.3) is 10.8 Å². The summed E-state index contributed by atoms with van der Waals surface area (Å²) in [5.74, 6) is 0.869. The van der Waals surface area contributed by atoms with Crippen LogP contribution in [0, 0.1) is 0 Å². The summed E-state index contributed by atoms with van der Waals surface area (Å²) in [4.78, 5) is 7.03. The molecular formula is C22H20N2O. The predicted octanol–water partition coefficient (Wildman–Crippen LogP) is 5.06. The van der Waals surface area contributed by atoms with Crippen LogP contribution in [0.5, 0.6) is 5.75 Å². The van der Waals surface area contributed by atoms with Crippen molar-refractivity contribution < 1.29 is 4.74 Å². The van der Waals surface area contributed by atoms with E-state index in [1.807, 2.05) is 12.3 Å². The van der Waals surface area contributed by atoms with Gasteiger partial charge in [0.25, 0.3) is 0 Å². The number of aliphatic imine (C=N–C) groups is 1. The zero-order valence-electron chi connectivity index (χ0n) is 14.7. The highest BCUT2D eigenvalue weighted by Gasteiger charge is 2.58. The molecule has 0 N–H and O–H groups in total. The van der Waals surface area contributed by atoms with Gasteiger partial charge in [0.1, 0.15) is 5.69 Å². The van der Waals surface area contributed by atoms with Gasteiger partial charge in [-0.3, -0.25) is 4.99 Å². The van der Waals surface area contributed by atoms with Crippen LogP contribution in [0.1, 0.15) is 19.4 Å². The second-order valence-corrected chi connectivity index (χ2v) is 7.39. The molecule has 0 aromatic heterocycles. The van der Waals surface area contributed by atoms with Gasteiger partial charge in [0.2, 0.25) is 5.72 Å². The maximum absolute atomic E-state index is 6.78. The predicted molar refractivity (Wildman–Crippen MR) is 103 cm³/mol. The van der Waals surface area contributed by atoms with Gasteiger partial charge in [-0.1, -0.05) is 48.5 Å². The molecule has 0 bridgehead atoms. The first kappa shape index (κ1) is 14.5. The number of rotatable bonds is 0. The maximum Gasteiger partial charge on any atom is 0.228 e. The highest BCUT2D eigenvalue weighted by atomic mass is 16.5. The molecule has 3 aromatic rings. The van der Waals surface area contributed by atoms with Gasteiger partial charge in [0.05, 0.1) is 11.6 Å². The van der Waals surface area contributed by atoms with E-state index in [4.69, 9.17) is 9.73 Å². The quantitative estimate of drug-likeness (QED) is 0.576. The Bertz CT molecular complexity index is 1040. The number of nitrogens with zero attached hydrogens (tertiary/aromatic N) is 2. The lowest BCUT2D eigenvalue weighted by Crippen LogP contribution is -2.61. The average molecular weight is 328 g/mol. The van der Waals surface area contributed by atoms with Crippen molar-refractivity contribution >= 4 is 28.4 Å². The second kappa shape index (κ2) is 4.63. The SMILES string of the molecule is CN1c2ccccc2C(C)(C)C12C=Nc1ccc3ccccc3c1O2. The molecule has 25 heavy (non-hydrogen) atoms. The van der Waals surface area contributed by atoms with E-state index in [9.17, 15) is 0 Å². The molecule has 124 valence electrons. The van der Waals surface area contributed by atoms with Crippen molar-refractivity contribution in [3.63, 3.8) is 0 Å². The summed E-state index contributed by atoms with van der Waals surface area (Å²) in [7, 11) is 2.09. The van der Waals surface area contributed by atoms with Crippen LogP contribution in [0.4, 0.5) is 11.4 Å². The molecule has 2 heterocycles. The van der Waals surface area contributed by atoms with Crippen LogP contribution in [0.15, 0.2) is 65.7 Å². The Hall–Kier alpha value is -2.81. The van der Waals surface area contributed by atoms with Crippen molar-refractivity contribution in [2.45, 2.75) is 25.0 Å². The summed E-state index contributed by atoms with van der Waals surface area (Å²) < 4.78 is 6.78. The first-order valence-electron chi connectivity index (χ1n) is 8.64. The van der Waals surface area contributed by atoms with E-state index in [0.717, 1.165) is 16.8 Å². The van der Waals surface area contributed by atoms with Crippen LogP contribution < -0.4 is 9.64 Å². The number of hydrogen-bond acceptors (Lipinski definition) is 3. The summed E-state index contributed by atoms with van der Waals surface area (Å²) in [6, 6.07) is 21.0. The zero-order chi connectivity index (χ0) is 17.2. The zero-order valence-corrected chi connectivity index (χ0v) is 14.7. The number of benzene rings is 3. The van der Waals surface area contributed by atoms with Gasteiger partial charge in [-0.25, -0.2) is 0 Å². The molecule has 3 nitrogen and oxygen atoms in total. The third kappa shape index (κ3) is 1.68. The Kier molecular flexibility index (Phi) is 2.69. The van der Waals surface area contributed by atoms with Crippen LogP contribution in [0.2, 0.25) is 0 Å². The Balaban J connectivity index is 1.75. The van der Waals surface area contributed by atoms with Crippen molar-refractivity contribution in [1.29, 1.82) is 0 Å². The minimum Gasteiger partial charge on any atom is -0.459 e. The maximum atomic E-state index is 6.78. The highest BCUT2D eigenvalue weighted by molar-refractivity contribution is 5.97. The molecule has 0 fully saturated rings. The number of anilines is 1. The topological polar surface area (TPSA) is 24.8 Å². The van der Waals surface area contributed by atoms with Crippen molar-refractivity contribution in [1.82, 2.24) is 0 Å². The highest BCUT2D eigenvalue weighted by Crippen LogP contribution is 2.54. The lowest BCUT2D eigenvalue weighted by molar-refractivity contribution is 0.0842. The molecule has 0 saturated heterocycles. The summed E-state index contributed by atoms with van der Waals surface area (Å²) in [6.07, 6.45) is 1.98. The van der Waals surface area contributed by atoms with Crippen molar-refractivity contribution in [2.75, 3.05) is 11.9 Å². The van der Waals surface area contributed by atoms with Crippen molar-refractivity contribution in [3.8, 4) is 5.75 Å². The average Bonchev–Trinajstić information content (AvgIpc) is 2.81. The van der Waals surface area contributed by atoms with Gasteiger partial charge in [-0.2, -0.15) is 0 Å². The fourth-order valence-electron chi connectivity index (χ4n) is 4.31. The molecule has 2 aliphatic heterocycles. The van der Waals surface area contributed by atoms with Crippen LogP contribution >= 0.6 is 0 Å². The first-order chi connectivity index (χ1) is 12.0.